The van der Waals surface area contributed by atoms with Crippen molar-refractivity contribution in [2.24, 2.45) is 23.2 Å². The fraction of sp³-hybridized carbons (Fsp3) is 0.778. The van der Waals surface area contributed by atoms with Gasteiger partial charge in [0.15, 0.2) is 0 Å². The monoisotopic (exact) mass is 335 g/mol. The molecule has 0 aliphatic heterocycles. The topological polar surface area (TPSA) is 46.9 Å². The van der Waals surface area contributed by atoms with Crippen molar-refractivity contribution in [3.05, 3.63) is 17.4 Å². The van der Waals surface area contributed by atoms with Crippen LogP contribution in [0.25, 0.3) is 0 Å². The highest BCUT2D eigenvalue weighted by atomic mass is 35.5. The number of hydrogen-bond donors (Lipinski definition) is 1. The van der Waals surface area contributed by atoms with Crippen LogP contribution in [-0.4, -0.2) is 21.7 Å². The van der Waals surface area contributed by atoms with Gasteiger partial charge in [0.25, 0.3) is 0 Å². The smallest absolute Gasteiger partial charge is 0.222 e. The number of amides is 1. The summed E-state index contributed by atoms with van der Waals surface area (Å²) in [6.07, 6.45) is 12.2. The number of carbonyl (C=O) groups excluding carboxylic acids is 1. The molecule has 4 bridgehead atoms. The van der Waals surface area contributed by atoms with E-state index in [2.05, 4.69) is 17.3 Å². The molecule has 1 aromatic rings. The summed E-state index contributed by atoms with van der Waals surface area (Å²) in [6, 6.07) is 0.296. The minimum absolute atomic E-state index is 0.139. The first-order chi connectivity index (χ1) is 11.0. The van der Waals surface area contributed by atoms with Crippen molar-refractivity contribution >= 4 is 17.5 Å². The van der Waals surface area contributed by atoms with Crippen LogP contribution in [0.15, 0.2) is 12.4 Å². The SMILES string of the molecule is C[C@@H](NC(=O)CCn1cc(Cl)cn1)C12CC3CC(CC(C3)C1)C2. The number of aromatic nitrogens is 2. The second-order valence-electron chi connectivity index (χ2n) is 8.24. The highest BCUT2D eigenvalue weighted by molar-refractivity contribution is 6.30. The van der Waals surface area contributed by atoms with Gasteiger partial charge < -0.3 is 5.32 Å². The zero-order chi connectivity index (χ0) is 16.0. The van der Waals surface area contributed by atoms with Gasteiger partial charge in [-0.3, -0.25) is 9.48 Å². The predicted octanol–water partition coefficient (Wildman–Crippen LogP) is 3.65. The molecule has 126 valence electrons. The van der Waals surface area contributed by atoms with E-state index in [4.69, 9.17) is 11.6 Å². The molecule has 0 radical (unpaired) electrons. The number of halogens is 1. The summed E-state index contributed by atoms with van der Waals surface area (Å²) >= 11 is 5.85. The van der Waals surface area contributed by atoms with Crippen molar-refractivity contribution in [3.63, 3.8) is 0 Å². The Morgan fingerprint density at radius 3 is 2.48 bits per heavy atom. The number of aryl methyl sites for hydroxylation is 1. The van der Waals surface area contributed by atoms with Crippen molar-refractivity contribution < 1.29 is 4.79 Å². The van der Waals surface area contributed by atoms with Crippen molar-refractivity contribution in [1.82, 2.24) is 15.1 Å². The maximum Gasteiger partial charge on any atom is 0.222 e. The Morgan fingerprint density at radius 2 is 1.96 bits per heavy atom. The second kappa shape index (κ2) is 5.80. The van der Waals surface area contributed by atoms with E-state index in [0.717, 1.165) is 17.8 Å². The van der Waals surface area contributed by atoms with Crippen LogP contribution in [0.4, 0.5) is 0 Å². The lowest BCUT2D eigenvalue weighted by molar-refractivity contribution is -0.126. The van der Waals surface area contributed by atoms with Gasteiger partial charge in [0, 0.05) is 25.2 Å². The first kappa shape index (κ1) is 15.5. The van der Waals surface area contributed by atoms with E-state index in [0.29, 0.717) is 29.4 Å². The molecule has 1 heterocycles. The quantitative estimate of drug-likeness (QED) is 0.892. The number of rotatable bonds is 5. The minimum Gasteiger partial charge on any atom is -0.353 e. The Balaban J connectivity index is 1.34. The highest BCUT2D eigenvalue weighted by Gasteiger charge is 2.53. The molecule has 4 saturated carbocycles. The fourth-order valence-corrected chi connectivity index (χ4v) is 6.01. The Kier molecular flexibility index (Phi) is 3.91. The molecular weight excluding hydrogens is 310 g/mol. The van der Waals surface area contributed by atoms with E-state index in [9.17, 15) is 4.79 Å². The summed E-state index contributed by atoms with van der Waals surface area (Å²) in [5.74, 6) is 2.91. The van der Waals surface area contributed by atoms with Crippen LogP contribution in [0.5, 0.6) is 0 Å². The molecule has 1 N–H and O–H groups in total. The molecule has 0 spiro atoms. The Bertz CT molecular complexity index is 562. The zero-order valence-corrected chi connectivity index (χ0v) is 14.6. The maximum absolute atomic E-state index is 12.3. The molecule has 1 amide bonds. The van der Waals surface area contributed by atoms with Crippen molar-refractivity contribution in [3.8, 4) is 0 Å². The van der Waals surface area contributed by atoms with Crippen LogP contribution in [-0.2, 0) is 11.3 Å². The lowest BCUT2D eigenvalue weighted by Crippen LogP contribution is -2.55. The summed E-state index contributed by atoms with van der Waals surface area (Å²) in [5.41, 5.74) is 0.374. The Hall–Kier alpha value is -1.03. The predicted molar refractivity (Wildman–Crippen MR) is 90.1 cm³/mol. The van der Waals surface area contributed by atoms with Crippen molar-refractivity contribution in [2.45, 2.75) is 64.5 Å². The van der Waals surface area contributed by atoms with Gasteiger partial charge >= 0.3 is 0 Å². The Morgan fingerprint density at radius 1 is 1.35 bits per heavy atom. The van der Waals surface area contributed by atoms with E-state index < -0.39 is 0 Å². The maximum atomic E-state index is 12.3. The molecule has 1 atom stereocenters. The normalized spacial score (nSPS) is 36.2. The van der Waals surface area contributed by atoms with E-state index >= 15 is 0 Å². The lowest BCUT2D eigenvalue weighted by atomic mass is 9.48. The number of nitrogens with zero attached hydrogens (tertiary/aromatic N) is 2. The second-order valence-corrected chi connectivity index (χ2v) is 8.68. The molecule has 0 unspecified atom stereocenters. The summed E-state index contributed by atoms with van der Waals surface area (Å²) < 4.78 is 1.73. The van der Waals surface area contributed by atoms with Gasteiger partial charge in [-0.05, 0) is 68.6 Å². The van der Waals surface area contributed by atoms with Gasteiger partial charge in [0.05, 0.1) is 11.2 Å². The van der Waals surface area contributed by atoms with E-state index in [1.165, 1.54) is 38.5 Å². The van der Waals surface area contributed by atoms with Gasteiger partial charge in [-0.15, -0.1) is 0 Å². The molecule has 5 rings (SSSR count). The average molecular weight is 336 g/mol. The third-order valence-corrected chi connectivity index (χ3v) is 6.75. The molecule has 4 fully saturated rings. The molecular formula is C18H26ClN3O. The first-order valence-electron chi connectivity index (χ1n) is 9.00. The highest BCUT2D eigenvalue weighted by Crippen LogP contribution is 2.61. The van der Waals surface area contributed by atoms with Gasteiger partial charge in [-0.2, -0.15) is 5.10 Å². The standard InChI is InChI=1S/C18H26ClN3O/c1-12(21-17(23)2-3-22-11-16(19)10-20-22)18-7-13-4-14(8-18)6-15(5-13)9-18/h10-15H,2-9H2,1H3,(H,21,23)/t12-,13?,14?,15?,18?/m1/s1. The van der Waals surface area contributed by atoms with E-state index in [1.54, 1.807) is 17.1 Å². The largest absolute Gasteiger partial charge is 0.353 e. The first-order valence-corrected chi connectivity index (χ1v) is 9.37. The fourth-order valence-electron chi connectivity index (χ4n) is 5.85. The molecule has 4 aliphatic carbocycles. The van der Waals surface area contributed by atoms with E-state index in [-0.39, 0.29) is 5.91 Å². The van der Waals surface area contributed by atoms with Crippen LogP contribution < -0.4 is 5.32 Å². The minimum atomic E-state index is 0.139. The summed E-state index contributed by atoms with van der Waals surface area (Å²) in [6.45, 7) is 2.82. The van der Waals surface area contributed by atoms with Gasteiger partial charge in [-0.1, -0.05) is 11.6 Å². The lowest BCUT2D eigenvalue weighted by Gasteiger charge is -2.59. The van der Waals surface area contributed by atoms with Gasteiger partial charge in [0.1, 0.15) is 0 Å². The molecule has 0 aromatic carbocycles. The number of carbonyl (C=O) groups is 1. The third-order valence-electron chi connectivity index (χ3n) is 6.55. The molecule has 4 nitrogen and oxygen atoms in total. The number of nitrogens with one attached hydrogen (secondary N) is 1. The number of hydrogen-bond acceptors (Lipinski definition) is 2. The van der Waals surface area contributed by atoms with Crippen LogP contribution in [0.2, 0.25) is 5.02 Å². The van der Waals surface area contributed by atoms with Gasteiger partial charge in [0.2, 0.25) is 5.91 Å². The summed E-state index contributed by atoms with van der Waals surface area (Å²) in [5, 5.41) is 8.04. The zero-order valence-electron chi connectivity index (χ0n) is 13.8. The van der Waals surface area contributed by atoms with Crippen LogP contribution >= 0.6 is 11.6 Å². The van der Waals surface area contributed by atoms with Gasteiger partial charge in [-0.25, -0.2) is 0 Å². The van der Waals surface area contributed by atoms with Crippen LogP contribution in [0, 0.1) is 23.2 Å². The van der Waals surface area contributed by atoms with Crippen LogP contribution in [0.1, 0.15) is 51.9 Å². The third kappa shape index (κ3) is 3.02. The van der Waals surface area contributed by atoms with Crippen molar-refractivity contribution in [2.75, 3.05) is 0 Å². The molecule has 0 saturated heterocycles. The average Bonchev–Trinajstić information content (AvgIpc) is 2.89. The van der Waals surface area contributed by atoms with E-state index in [1.807, 2.05) is 0 Å². The molecule has 23 heavy (non-hydrogen) atoms. The molecule has 4 aliphatic rings. The van der Waals surface area contributed by atoms with Crippen LogP contribution in [0.3, 0.4) is 0 Å². The summed E-state index contributed by atoms with van der Waals surface area (Å²) in [4.78, 5) is 12.3. The summed E-state index contributed by atoms with van der Waals surface area (Å²) in [7, 11) is 0. The molecule has 5 heteroatoms. The Labute approximate surface area is 143 Å². The molecule has 1 aromatic heterocycles. The van der Waals surface area contributed by atoms with Crippen molar-refractivity contribution in [1.29, 1.82) is 0 Å².